The van der Waals surface area contributed by atoms with Crippen LogP contribution in [0.3, 0.4) is 0 Å². The second kappa shape index (κ2) is 10.2. The molecule has 0 aliphatic carbocycles. The van der Waals surface area contributed by atoms with Crippen molar-refractivity contribution in [2.45, 2.75) is 45.4 Å². The molecule has 0 aromatic carbocycles. The zero-order valence-electron chi connectivity index (χ0n) is 11.4. The Kier molecular flexibility index (Phi) is 9.62. The van der Waals surface area contributed by atoms with Crippen LogP contribution in [0.15, 0.2) is 10.3 Å². The normalized spacial score (nSPS) is 11.9. The summed E-state index contributed by atoms with van der Waals surface area (Å²) in [7, 11) is 4.24. The lowest BCUT2D eigenvalue weighted by Gasteiger charge is -2.28. The van der Waals surface area contributed by atoms with Crippen LogP contribution < -0.4 is 0 Å². The highest BCUT2D eigenvalue weighted by Crippen LogP contribution is 2.08. The molecule has 0 heterocycles. The molecule has 0 unspecified atom stereocenters. The van der Waals surface area contributed by atoms with E-state index >= 15 is 0 Å². The average molecular weight is 242 g/mol. The van der Waals surface area contributed by atoms with Crippen LogP contribution in [-0.2, 0) is 4.74 Å². The summed E-state index contributed by atoms with van der Waals surface area (Å²) in [6.07, 6.45) is 9.02. The highest BCUT2D eigenvalue weighted by Gasteiger charge is 2.13. The lowest BCUT2D eigenvalue weighted by atomic mass is 10.1. The van der Waals surface area contributed by atoms with Crippen LogP contribution >= 0.6 is 0 Å². The third-order valence-corrected chi connectivity index (χ3v) is 2.71. The van der Waals surface area contributed by atoms with Crippen molar-refractivity contribution in [1.29, 1.82) is 0 Å². The maximum Gasteiger partial charge on any atom is 0.222 e. The van der Waals surface area contributed by atoms with Gasteiger partial charge in [0.05, 0.1) is 27.0 Å². The third kappa shape index (κ3) is 11.3. The third-order valence-electron chi connectivity index (χ3n) is 2.71. The molecule has 17 heavy (non-hydrogen) atoms. The smallest absolute Gasteiger partial charge is 0.222 e. The molecule has 0 aliphatic rings. The molecule has 0 amide bonds. The van der Waals surface area contributed by atoms with Gasteiger partial charge in [-0.3, -0.25) is 9.71 Å². The molecule has 0 saturated carbocycles. The van der Waals surface area contributed by atoms with Gasteiger partial charge in [-0.1, -0.05) is 32.6 Å². The van der Waals surface area contributed by atoms with E-state index in [1.54, 1.807) is 0 Å². The van der Waals surface area contributed by atoms with E-state index in [1.165, 1.54) is 44.9 Å². The molecule has 0 radical (unpaired) electrons. The molecule has 0 atom stereocenters. The minimum absolute atomic E-state index is 0.550. The van der Waals surface area contributed by atoms with Crippen LogP contribution in [0.25, 0.3) is 5.53 Å². The van der Waals surface area contributed by atoms with Gasteiger partial charge in [-0.05, 0) is 12.8 Å². The maximum atomic E-state index is 8.08. The number of nitrogens with zero attached hydrogens (tertiary/aromatic N) is 4. The van der Waals surface area contributed by atoms with Crippen LogP contribution in [0.4, 0.5) is 0 Å². The second-order valence-corrected chi connectivity index (χ2v) is 5.03. The first kappa shape index (κ1) is 16.0. The van der Waals surface area contributed by atoms with Crippen LogP contribution in [0.1, 0.15) is 45.4 Å². The van der Waals surface area contributed by atoms with Crippen molar-refractivity contribution in [2.75, 3.05) is 27.4 Å². The number of quaternary nitrogens is 1. The minimum atomic E-state index is 0.550. The van der Waals surface area contributed by atoms with Crippen LogP contribution in [-0.4, -0.2) is 38.3 Å². The van der Waals surface area contributed by atoms with Gasteiger partial charge in [-0.25, -0.2) is 0 Å². The van der Waals surface area contributed by atoms with E-state index in [0.717, 1.165) is 11.0 Å². The van der Waals surface area contributed by atoms with Crippen LogP contribution in [0.5, 0.6) is 0 Å². The highest BCUT2D eigenvalue weighted by molar-refractivity contribution is 5.45. The number of hydrogen-bond donors (Lipinski definition) is 0. The largest absolute Gasteiger partial charge is 0.455 e. The van der Waals surface area contributed by atoms with Gasteiger partial charge in [0.15, 0.2) is 0 Å². The lowest BCUT2D eigenvalue weighted by molar-refractivity contribution is -0.906. The van der Waals surface area contributed by atoms with E-state index in [9.17, 15) is 0 Å². The van der Waals surface area contributed by atoms with E-state index in [0.29, 0.717) is 6.73 Å². The van der Waals surface area contributed by atoms with E-state index in [4.69, 9.17) is 10.3 Å². The second-order valence-electron chi connectivity index (χ2n) is 5.03. The van der Waals surface area contributed by atoms with Gasteiger partial charge in [0.1, 0.15) is 0 Å². The molecule has 0 fully saturated rings. The maximum absolute atomic E-state index is 8.08. The van der Waals surface area contributed by atoms with Gasteiger partial charge in [0, 0.05) is 0 Å². The first-order valence-electron chi connectivity index (χ1n) is 6.42. The Morgan fingerprint density at radius 3 is 2.41 bits per heavy atom. The summed E-state index contributed by atoms with van der Waals surface area (Å²) >= 11 is 0. The fourth-order valence-electron chi connectivity index (χ4n) is 1.67. The number of rotatable bonds is 11. The first-order chi connectivity index (χ1) is 8.12. The zero-order chi connectivity index (χ0) is 13.0. The summed E-state index contributed by atoms with van der Waals surface area (Å²) in [6, 6.07) is 0. The quantitative estimate of drug-likeness (QED) is 0.104. The summed E-state index contributed by atoms with van der Waals surface area (Å²) in [5.41, 5.74) is 8.08. The van der Waals surface area contributed by atoms with Crippen molar-refractivity contribution in [3.05, 3.63) is 5.53 Å². The molecule has 0 bridgehead atoms. The summed E-state index contributed by atoms with van der Waals surface area (Å²) in [5.74, 6) is 0. The number of unbranched alkanes of at least 4 members (excludes halogenated alkanes) is 5. The van der Waals surface area contributed by atoms with Gasteiger partial charge < -0.3 is 15.4 Å². The van der Waals surface area contributed by atoms with Gasteiger partial charge in [0.2, 0.25) is 6.73 Å². The van der Waals surface area contributed by atoms with Gasteiger partial charge >= 0.3 is 0 Å². The summed E-state index contributed by atoms with van der Waals surface area (Å²) in [4.78, 5) is 0. The molecule has 0 saturated heterocycles. The SMILES string of the molecule is CCCCCCCC[N+](C)(C)CO/C=N/N=[N-]. The van der Waals surface area contributed by atoms with E-state index in [2.05, 4.69) is 31.3 Å². The van der Waals surface area contributed by atoms with Crippen molar-refractivity contribution in [3.8, 4) is 0 Å². The van der Waals surface area contributed by atoms with Crippen molar-refractivity contribution < 1.29 is 9.22 Å². The minimum Gasteiger partial charge on any atom is -0.455 e. The van der Waals surface area contributed by atoms with Crippen molar-refractivity contribution in [3.63, 3.8) is 0 Å². The monoisotopic (exact) mass is 242 g/mol. The lowest BCUT2D eigenvalue weighted by Crippen LogP contribution is -2.42. The first-order valence-corrected chi connectivity index (χ1v) is 6.42. The Balaban J connectivity index is 3.49. The Morgan fingerprint density at radius 2 is 1.76 bits per heavy atom. The van der Waals surface area contributed by atoms with E-state index < -0.39 is 0 Å². The Hall–Kier alpha value is -0.970. The standard InChI is InChI=1S/C12H26N4O/c1-4-5-6-7-8-9-10-16(2,3)12-17-11-14-15-13/h11H,4-10,12H2,1-3H3/b14-11+. The Bertz CT molecular complexity index is 217. The summed E-state index contributed by atoms with van der Waals surface area (Å²) in [6.45, 7) is 3.88. The zero-order valence-corrected chi connectivity index (χ0v) is 11.4. The van der Waals surface area contributed by atoms with Crippen LogP contribution in [0, 0.1) is 0 Å². The topological polar surface area (TPSA) is 56.2 Å². The molecule has 0 spiro atoms. The van der Waals surface area contributed by atoms with Crippen LogP contribution in [0.2, 0.25) is 0 Å². The van der Waals surface area contributed by atoms with Gasteiger partial charge in [-0.2, -0.15) is 0 Å². The molecule has 0 N–H and O–H groups in total. The van der Waals surface area contributed by atoms with E-state index in [1.807, 2.05) is 0 Å². The molecule has 0 rings (SSSR count). The molecule has 5 heteroatoms. The number of ether oxygens (including phenoxy) is 1. The predicted octanol–water partition coefficient (Wildman–Crippen LogP) is 3.36. The molecular formula is C12H26N4O. The van der Waals surface area contributed by atoms with Crippen molar-refractivity contribution in [1.82, 2.24) is 0 Å². The Morgan fingerprint density at radius 1 is 1.12 bits per heavy atom. The average Bonchev–Trinajstić information content (AvgIpc) is 2.29. The van der Waals surface area contributed by atoms with E-state index in [-0.39, 0.29) is 0 Å². The predicted molar refractivity (Wildman–Crippen MR) is 70.6 cm³/mol. The fourth-order valence-corrected chi connectivity index (χ4v) is 1.67. The van der Waals surface area contributed by atoms with Crippen molar-refractivity contribution >= 4 is 6.40 Å². The molecular weight excluding hydrogens is 216 g/mol. The molecule has 0 aromatic rings. The van der Waals surface area contributed by atoms with Gasteiger partial charge in [0.25, 0.3) is 0 Å². The molecule has 5 nitrogen and oxygen atoms in total. The summed E-state index contributed by atoms with van der Waals surface area (Å²) in [5, 5.41) is 5.83. The molecule has 0 aromatic heterocycles. The number of hydrogen-bond acceptors (Lipinski definition) is 2. The molecule has 100 valence electrons. The van der Waals surface area contributed by atoms with Crippen molar-refractivity contribution in [2.24, 2.45) is 10.3 Å². The molecule has 0 aliphatic heterocycles. The summed E-state index contributed by atoms with van der Waals surface area (Å²) < 4.78 is 5.96. The fraction of sp³-hybridized carbons (Fsp3) is 0.917. The Labute approximate surface area is 105 Å². The van der Waals surface area contributed by atoms with Gasteiger partial charge in [-0.15, -0.1) is 0 Å². The highest BCUT2D eigenvalue weighted by atomic mass is 16.5.